The zero-order valence-corrected chi connectivity index (χ0v) is 15.2. The number of piperidine rings is 1. The van der Waals surface area contributed by atoms with Crippen LogP contribution in [0.4, 0.5) is 4.79 Å². The van der Waals surface area contributed by atoms with Crippen LogP contribution in [-0.4, -0.2) is 40.7 Å². The highest BCUT2D eigenvalue weighted by molar-refractivity contribution is 7.21. The van der Waals surface area contributed by atoms with Crippen molar-refractivity contribution in [3.63, 3.8) is 0 Å². The van der Waals surface area contributed by atoms with Gasteiger partial charge in [-0.05, 0) is 43.0 Å². The summed E-state index contributed by atoms with van der Waals surface area (Å²) in [6.45, 7) is 1.81. The monoisotopic (exact) mass is 371 g/mol. The standard InChI is InChI=1S/C19H21N3O3S/c23-12-13-4-3-9-22(11-13)19(24)20-10-14-7-8-16(25-14)18-21-15-5-1-2-6-17(15)26-18/h1-2,5-8,13,23H,3-4,9-12H2,(H,20,24)/t13-/m1/s1. The third kappa shape index (κ3) is 3.59. The SMILES string of the molecule is O=C(NCc1ccc(-c2nc3ccccc3s2)o1)N1CCC[C@@H](CO)C1. The smallest absolute Gasteiger partial charge is 0.317 e. The number of likely N-dealkylation sites (tertiary alicyclic amines) is 1. The van der Waals surface area contributed by atoms with Crippen LogP contribution in [0.2, 0.25) is 0 Å². The summed E-state index contributed by atoms with van der Waals surface area (Å²) < 4.78 is 6.98. The molecule has 1 saturated heterocycles. The van der Waals surface area contributed by atoms with Crippen LogP contribution >= 0.6 is 11.3 Å². The zero-order chi connectivity index (χ0) is 17.9. The lowest BCUT2D eigenvalue weighted by molar-refractivity contribution is 0.129. The summed E-state index contributed by atoms with van der Waals surface area (Å²) in [4.78, 5) is 18.7. The zero-order valence-electron chi connectivity index (χ0n) is 14.4. The number of hydrogen-bond donors (Lipinski definition) is 2. The Balaban J connectivity index is 1.38. The third-order valence-electron chi connectivity index (χ3n) is 4.64. The number of carbonyl (C=O) groups is 1. The molecule has 1 atom stereocenters. The first-order valence-corrected chi connectivity index (χ1v) is 9.63. The second kappa shape index (κ2) is 7.47. The number of thiazole rings is 1. The number of amides is 2. The van der Waals surface area contributed by atoms with Crippen LogP contribution in [0.15, 0.2) is 40.8 Å². The minimum absolute atomic E-state index is 0.110. The Labute approximate surface area is 155 Å². The maximum atomic E-state index is 12.3. The van der Waals surface area contributed by atoms with Crippen molar-refractivity contribution in [3.8, 4) is 10.8 Å². The number of nitrogens with one attached hydrogen (secondary N) is 1. The van der Waals surface area contributed by atoms with E-state index >= 15 is 0 Å². The first-order chi connectivity index (χ1) is 12.7. The van der Waals surface area contributed by atoms with Gasteiger partial charge in [-0.3, -0.25) is 0 Å². The molecule has 1 aliphatic heterocycles. The van der Waals surface area contributed by atoms with Gasteiger partial charge in [0.25, 0.3) is 0 Å². The van der Waals surface area contributed by atoms with Crippen molar-refractivity contribution in [1.29, 1.82) is 0 Å². The van der Waals surface area contributed by atoms with Gasteiger partial charge in [0.1, 0.15) is 5.76 Å². The summed E-state index contributed by atoms with van der Waals surface area (Å²) in [7, 11) is 0. The summed E-state index contributed by atoms with van der Waals surface area (Å²) in [5.41, 5.74) is 0.960. The molecular formula is C19H21N3O3S. The molecule has 3 heterocycles. The predicted octanol–water partition coefficient (Wildman–Crippen LogP) is 3.47. The number of furan rings is 1. The van der Waals surface area contributed by atoms with Gasteiger partial charge in [-0.15, -0.1) is 11.3 Å². The van der Waals surface area contributed by atoms with Crippen molar-refractivity contribution in [2.75, 3.05) is 19.7 Å². The van der Waals surface area contributed by atoms with Crippen LogP contribution in [0.5, 0.6) is 0 Å². The fourth-order valence-electron chi connectivity index (χ4n) is 3.24. The largest absolute Gasteiger partial charge is 0.457 e. The average molecular weight is 371 g/mol. The highest BCUT2D eigenvalue weighted by Crippen LogP contribution is 2.31. The van der Waals surface area contributed by atoms with Crippen molar-refractivity contribution in [3.05, 3.63) is 42.2 Å². The number of nitrogens with zero attached hydrogens (tertiary/aromatic N) is 2. The Morgan fingerprint density at radius 2 is 2.23 bits per heavy atom. The number of aliphatic hydroxyl groups is 1. The van der Waals surface area contributed by atoms with Crippen LogP contribution in [0.1, 0.15) is 18.6 Å². The van der Waals surface area contributed by atoms with Crippen LogP contribution in [0.3, 0.4) is 0 Å². The van der Waals surface area contributed by atoms with Crippen molar-refractivity contribution in [2.45, 2.75) is 19.4 Å². The van der Waals surface area contributed by atoms with Gasteiger partial charge in [-0.2, -0.15) is 0 Å². The van der Waals surface area contributed by atoms with E-state index in [1.165, 1.54) is 0 Å². The van der Waals surface area contributed by atoms with Gasteiger partial charge < -0.3 is 19.7 Å². The summed E-state index contributed by atoms with van der Waals surface area (Å²) in [5.74, 6) is 1.60. The van der Waals surface area contributed by atoms with Crippen LogP contribution in [0, 0.1) is 5.92 Å². The van der Waals surface area contributed by atoms with E-state index in [0.717, 1.165) is 34.6 Å². The minimum atomic E-state index is -0.110. The van der Waals surface area contributed by atoms with E-state index in [2.05, 4.69) is 10.3 Å². The normalized spacial score (nSPS) is 17.6. The lowest BCUT2D eigenvalue weighted by atomic mass is 9.99. The van der Waals surface area contributed by atoms with Gasteiger partial charge in [0.15, 0.2) is 10.8 Å². The van der Waals surface area contributed by atoms with Gasteiger partial charge in [-0.1, -0.05) is 12.1 Å². The molecule has 6 nitrogen and oxygen atoms in total. The highest BCUT2D eigenvalue weighted by atomic mass is 32.1. The summed E-state index contributed by atoms with van der Waals surface area (Å²) in [5, 5.41) is 13.0. The molecule has 0 aliphatic carbocycles. The van der Waals surface area contributed by atoms with Crippen molar-refractivity contribution >= 4 is 27.6 Å². The highest BCUT2D eigenvalue weighted by Gasteiger charge is 2.23. The Kier molecular flexibility index (Phi) is 4.90. The van der Waals surface area contributed by atoms with Crippen LogP contribution < -0.4 is 5.32 Å². The number of benzene rings is 1. The second-order valence-corrected chi connectivity index (χ2v) is 7.58. The Bertz CT molecular complexity index is 871. The Morgan fingerprint density at radius 3 is 3.08 bits per heavy atom. The molecule has 3 aromatic rings. The molecule has 2 amide bonds. The summed E-state index contributed by atoms with van der Waals surface area (Å²) in [6.07, 6.45) is 1.91. The first-order valence-electron chi connectivity index (χ1n) is 8.81. The third-order valence-corrected chi connectivity index (χ3v) is 5.70. The molecule has 7 heteroatoms. The van der Waals surface area contributed by atoms with E-state index in [-0.39, 0.29) is 18.6 Å². The quantitative estimate of drug-likeness (QED) is 0.736. The second-order valence-electron chi connectivity index (χ2n) is 6.55. The summed E-state index contributed by atoms with van der Waals surface area (Å²) in [6, 6.07) is 11.6. The van der Waals surface area contributed by atoms with E-state index in [9.17, 15) is 9.90 Å². The van der Waals surface area contributed by atoms with E-state index in [0.29, 0.717) is 24.6 Å². The van der Waals surface area contributed by atoms with Crippen LogP contribution in [-0.2, 0) is 6.54 Å². The molecule has 0 unspecified atom stereocenters. The minimum Gasteiger partial charge on any atom is -0.457 e. The molecule has 136 valence electrons. The lowest BCUT2D eigenvalue weighted by Crippen LogP contribution is -2.45. The van der Waals surface area contributed by atoms with Gasteiger partial charge in [-0.25, -0.2) is 9.78 Å². The van der Waals surface area contributed by atoms with Gasteiger partial charge in [0, 0.05) is 19.7 Å². The number of para-hydroxylation sites is 1. The number of hydrogen-bond acceptors (Lipinski definition) is 5. The number of aliphatic hydroxyl groups excluding tert-OH is 1. The lowest BCUT2D eigenvalue weighted by Gasteiger charge is -2.31. The fourth-order valence-corrected chi connectivity index (χ4v) is 4.17. The number of fused-ring (bicyclic) bond motifs is 1. The fraction of sp³-hybridized carbons (Fsp3) is 0.368. The van der Waals surface area contributed by atoms with Crippen molar-refractivity contribution < 1.29 is 14.3 Å². The molecule has 0 saturated carbocycles. The molecule has 0 radical (unpaired) electrons. The number of rotatable bonds is 4. The first kappa shape index (κ1) is 17.1. The van der Waals surface area contributed by atoms with Crippen LogP contribution in [0.25, 0.3) is 21.0 Å². The molecule has 0 spiro atoms. The van der Waals surface area contributed by atoms with E-state index in [4.69, 9.17) is 4.42 Å². The molecule has 1 aliphatic rings. The average Bonchev–Trinajstić information content (AvgIpc) is 3.32. The van der Waals surface area contributed by atoms with E-state index < -0.39 is 0 Å². The maximum absolute atomic E-state index is 12.3. The number of urea groups is 1. The maximum Gasteiger partial charge on any atom is 0.317 e. The molecule has 2 aromatic heterocycles. The molecular weight excluding hydrogens is 350 g/mol. The van der Waals surface area contributed by atoms with Gasteiger partial charge in [0.05, 0.1) is 16.8 Å². The number of aromatic nitrogens is 1. The van der Waals surface area contributed by atoms with E-state index in [1.807, 2.05) is 36.4 Å². The van der Waals surface area contributed by atoms with Gasteiger partial charge >= 0.3 is 6.03 Å². The molecule has 4 rings (SSSR count). The Hall–Kier alpha value is -2.38. The topological polar surface area (TPSA) is 78.6 Å². The Morgan fingerprint density at radius 1 is 1.35 bits per heavy atom. The van der Waals surface area contributed by atoms with Crippen molar-refractivity contribution in [2.24, 2.45) is 5.92 Å². The summed E-state index contributed by atoms with van der Waals surface area (Å²) >= 11 is 1.59. The van der Waals surface area contributed by atoms with Gasteiger partial charge in [0.2, 0.25) is 0 Å². The van der Waals surface area contributed by atoms with E-state index in [1.54, 1.807) is 16.2 Å². The predicted molar refractivity (Wildman–Crippen MR) is 101 cm³/mol. The molecule has 1 aromatic carbocycles. The molecule has 26 heavy (non-hydrogen) atoms. The molecule has 2 N–H and O–H groups in total. The van der Waals surface area contributed by atoms with Crippen molar-refractivity contribution in [1.82, 2.24) is 15.2 Å². The molecule has 0 bridgehead atoms. The number of carbonyl (C=O) groups excluding carboxylic acids is 1. The molecule has 1 fully saturated rings.